The third-order valence-corrected chi connectivity index (χ3v) is 12.4. The van der Waals surface area contributed by atoms with E-state index in [4.69, 9.17) is 0 Å². The molecule has 0 amide bonds. The molecule has 36 heavy (non-hydrogen) atoms. The highest BCUT2D eigenvalue weighted by Crippen LogP contribution is 2.44. The van der Waals surface area contributed by atoms with Gasteiger partial charge in [0, 0.05) is 33.3 Å². The molecule has 2 atom stereocenters. The zero-order valence-corrected chi connectivity index (χ0v) is 22.0. The third-order valence-electron chi connectivity index (χ3n) is 6.94. The van der Waals surface area contributed by atoms with Gasteiger partial charge < -0.3 is 0 Å². The van der Waals surface area contributed by atoms with E-state index in [1.54, 1.807) is 0 Å². The lowest BCUT2D eigenvalue weighted by Crippen LogP contribution is -2.51. The number of benzene rings is 4. The molecular weight excluding hydrogens is 482 g/mol. The molecular formula is C30H32N2O2P2. The maximum atomic E-state index is 14.7. The minimum absolute atomic E-state index is 0.0919. The highest BCUT2D eigenvalue weighted by atomic mass is 31.2. The molecule has 1 saturated carbocycles. The molecule has 2 N–H and O–H groups in total. The van der Waals surface area contributed by atoms with E-state index in [0.29, 0.717) is 0 Å². The molecule has 0 aromatic heterocycles. The van der Waals surface area contributed by atoms with Crippen molar-refractivity contribution >= 4 is 35.8 Å². The minimum Gasteiger partial charge on any atom is -0.297 e. The lowest BCUT2D eigenvalue weighted by Gasteiger charge is -2.38. The summed E-state index contributed by atoms with van der Waals surface area (Å²) in [4.78, 5) is 0. The van der Waals surface area contributed by atoms with Crippen molar-refractivity contribution < 1.29 is 9.13 Å². The monoisotopic (exact) mass is 514 g/mol. The fourth-order valence-corrected chi connectivity index (χ4v) is 10.2. The second-order valence-corrected chi connectivity index (χ2v) is 14.3. The second kappa shape index (κ2) is 11.1. The first-order valence-electron chi connectivity index (χ1n) is 12.6. The van der Waals surface area contributed by atoms with Gasteiger partial charge in [-0.3, -0.25) is 19.3 Å². The molecule has 4 nitrogen and oxygen atoms in total. The Morgan fingerprint density at radius 3 is 0.944 bits per heavy atom. The lowest BCUT2D eigenvalue weighted by atomic mass is 9.92. The van der Waals surface area contributed by atoms with Crippen LogP contribution >= 0.6 is 14.6 Å². The van der Waals surface area contributed by atoms with Crippen LogP contribution in [0.25, 0.3) is 0 Å². The first-order chi connectivity index (χ1) is 17.6. The van der Waals surface area contributed by atoms with E-state index < -0.39 is 14.6 Å². The normalized spacial score (nSPS) is 18.6. The van der Waals surface area contributed by atoms with Crippen LogP contribution in [0.1, 0.15) is 25.7 Å². The number of nitrogens with one attached hydrogen (secondary N) is 2. The maximum Gasteiger partial charge on any atom is 0.204 e. The van der Waals surface area contributed by atoms with Gasteiger partial charge in [0.1, 0.15) is 0 Å². The molecule has 0 radical (unpaired) electrons. The van der Waals surface area contributed by atoms with Gasteiger partial charge in [-0.2, -0.15) is 0 Å². The average Bonchev–Trinajstić information content (AvgIpc) is 2.96. The molecule has 6 heteroatoms. The molecule has 1 fully saturated rings. The molecule has 5 rings (SSSR count). The van der Waals surface area contributed by atoms with Crippen LogP contribution in [0.3, 0.4) is 0 Å². The number of hydrogen-bond acceptors (Lipinski definition) is 2. The Morgan fingerprint density at radius 1 is 0.444 bits per heavy atom. The number of hydrogen-bond donors (Lipinski definition) is 2. The Morgan fingerprint density at radius 2 is 0.694 bits per heavy atom. The fraction of sp³-hybridized carbons (Fsp3) is 0.200. The largest absolute Gasteiger partial charge is 0.297 e. The summed E-state index contributed by atoms with van der Waals surface area (Å²) in [6.45, 7) is 0. The molecule has 4 aromatic carbocycles. The first kappa shape index (κ1) is 24.9. The Kier molecular flexibility index (Phi) is 7.70. The smallest absolute Gasteiger partial charge is 0.204 e. The predicted octanol–water partition coefficient (Wildman–Crippen LogP) is 5.34. The van der Waals surface area contributed by atoms with Crippen LogP contribution in [0.5, 0.6) is 0 Å². The maximum absolute atomic E-state index is 14.7. The summed E-state index contributed by atoms with van der Waals surface area (Å²) in [6, 6.07) is 38.5. The van der Waals surface area contributed by atoms with Crippen molar-refractivity contribution in [3.05, 3.63) is 121 Å². The Bertz CT molecular complexity index is 1160. The van der Waals surface area contributed by atoms with Crippen LogP contribution in [-0.4, -0.2) is 12.1 Å². The Balaban J connectivity index is 1.52. The van der Waals surface area contributed by atoms with Gasteiger partial charge in [-0.25, -0.2) is 0 Å². The van der Waals surface area contributed by atoms with Crippen LogP contribution < -0.4 is 31.4 Å². The molecule has 0 spiro atoms. The molecule has 0 aliphatic heterocycles. The summed E-state index contributed by atoms with van der Waals surface area (Å²) in [5, 5.41) is 10.4. The van der Waals surface area contributed by atoms with Crippen molar-refractivity contribution in [2.75, 3.05) is 0 Å². The highest BCUT2D eigenvalue weighted by Gasteiger charge is 2.38. The van der Waals surface area contributed by atoms with E-state index in [0.717, 1.165) is 46.9 Å². The quantitative estimate of drug-likeness (QED) is 0.312. The zero-order chi connectivity index (χ0) is 24.8. The average molecular weight is 515 g/mol. The van der Waals surface area contributed by atoms with Gasteiger partial charge in [0.15, 0.2) is 0 Å². The Hall–Kier alpha value is -2.74. The third kappa shape index (κ3) is 5.19. The van der Waals surface area contributed by atoms with Crippen molar-refractivity contribution in [3.63, 3.8) is 0 Å². The topological polar surface area (TPSA) is 58.2 Å². The zero-order valence-electron chi connectivity index (χ0n) is 20.2. The van der Waals surface area contributed by atoms with Crippen LogP contribution in [0, 0.1) is 0 Å². The highest BCUT2D eigenvalue weighted by molar-refractivity contribution is 7.77. The van der Waals surface area contributed by atoms with Crippen molar-refractivity contribution in [2.45, 2.75) is 37.8 Å². The molecule has 1 aliphatic rings. The summed E-state index contributed by atoms with van der Waals surface area (Å²) in [5.74, 6) is 0. The van der Waals surface area contributed by atoms with E-state index >= 15 is 0 Å². The summed E-state index contributed by atoms with van der Waals surface area (Å²) >= 11 is 0. The fourth-order valence-electron chi connectivity index (χ4n) is 5.05. The summed E-state index contributed by atoms with van der Waals surface area (Å²) in [5.41, 5.74) is 0. The minimum atomic E-state index is -3.12. The van der Waals surface area contributed by atoms with Crippen molar-refractivity contribution in [3.8, 4) is 0 Å². The van der Waals surface area contributed by atoms with Crippen molar-refractivity contribution in [1.82, 2.24) is 10.2 Å². The van der Waals surface area contributed by atoms with Gasteiger partial charge in [0.2, 0.25) is 14.6 Å². The lowest BCUT2D eigenvalue weighted by molar-refractivity contribution is 0.342. The van der Waals surface area contributed by atoms with Gasteiger partial charge >= 0.3 is 0 Å². The predicted molar refractivity (Wildman–Crippen MR) is 152 cm³/mol. The van der Waals surface area contributed by atoms with Gasteiger partial charge in [0.25, 0.3) is 0 Å². The van der Waals surface area contributed by atoms with Gasteiger partial charge in [0.05, 0.1) is 0 Å². The van der Waals surface area contributed by atoms with E-state index in [9.17, 15) is 9.13 Å². The van der Waals surface area contributed by atoms with Crippen LogP contribution in [-0.2, 0) is 9.13 Å². The number of rotatable bonds is 8. The van der Waals surface area contributed by atoms with Crippen LogP contribution in [0.15, 0.2) is 121 Å². The van der Waals surface area contributed by atoms with Gasteiger partial charge in [-0.1, -0.05) is 85.6 Å². The molecule has 0 bridgehead atoms. The summed E-state index contributed by atoms with van der Waals surface area (Å²) in [7, 11) is -6.24. The summed E-state index contributed by atoms with van der Waals surface area (Å²) < 4.78 is 29.5. The SMILES string of the molecule is O=P(NC1CCCCC1NP(=O)(c1ccccc1)c1ccccc1)(c1ccccc1)c1ccccc1. The summed E-state index contributed by atoms with van der Waals surface area (Å²) in [6.07, 6.45) is 3.82. The molecule has 1 aliphatic carbocycles. The van der Waals surface area contributed by atoms with Gasteiger partial charge in [-0.15, -0.1) is 0 Å². The Labute approximate surface area is 214 Å². The molecule has 0 saturated heterocycles. The van der Waals surface area contributed by atoms with Crippen molar-refractivity contribution in [2.24, 2.45) is 0 Å². The second-order valence-electron chi connectivity index (χ2n) is 9.32. The van der Waals surface area contributed by atoms with Gasteiger partial charge in [-0.05, 0) is 61.4 Å². The molecule has 0 heterocycles. The molecule has 184 valence electrons. The van der Waals surface area contributed by atoms with E-state index in [1.165, 1.54) is 0 Å². The molecule has 4 aromatic rings. The van der Waals surface area contributed by atoms with Crippen LogP contribution in [0.2, 0.25) is 0 Å². The first-order valence-corrected chi connectivity index (χ1v) is 16.0. The van der Waals surface area contributed by atoms with Crippen molar-refractivity contribution in [1.29, 1.82) is 0 Å². The van der Waals surface area contributed by atoms with E-state index in [1.807, 2.05) is 121 Å². The molecule has 2 unspecified atom stereocenters. The standard InChI is InChI=1S/C30H32N2O2P2/c33-35(25-15-5-1-6-16-25,26-17-7-2-8-18-26)31-29-23-13-14-24-30(29)32-36(34,27-19-9-3-10-20-27)28-21-11-4-12-22-28/h1-12,15-22,29-30H,13-14,23-24H2,(H,31,33)(H,32,34). The van der Waals surface area contributed by atoms with E-state index in [-0.39, 0.29) is 12.1 Å². The van der Waals surface area contributed by atoms with E-state index in [2.05, 4.69) is 10.2 Å². The van der Waals surface area contributed by atoms with Crippen LogP contribution in [0.4, 0.5) is 0 Å².